The number of para-hydroxylation sites is 1. The molecule has 0 spiro atoms. The van der Waals surface area contributed by atoms with Crippen LogP contribution in [0, 0.1) is 0 Å². The predicted octanol–water partition coefficient (Wildman–Crippen LogP) is 2.94. The molecular weight excluding hydrogens is 278 g/mol. The van der Waals surface area contributed by atoms with E-state index in [1.165, 1.54) is 5.56 Å². The molecule has 0 fully saturated rings. The van der Waals surface area contributed by atoms with Crippen LogP contribution >= 0.6 is 0 Å². The molecule has 0 aliphatic carbocycles. The van der Waals surface area contributed by atoms with E-state index < -0.39 is 0 Å². The van der Waals surface area contributed by atoms with Gasteiger partial charge in [0.2, 0.25) is 0 Å². The van der Waals surface area contributed by atoms with E-state index in [0.29, 0.717) is 18.0 Å². The molecule has 0 atom stereocenters. The van der Waals surface area contributed by atoms with Crippen molar-refractivity contribution in [2.24, 2.45) is 0 Å². The fraction of sp³-hybridized carbons (Fsp3) is 0.118. The minimum atomic E-state index is -0.135. The van der Waals surface area contributed by atoms with E-state index in [4.69, 9.17) is 4.52 Å². The zero-order valence-electron chi connectivity index (χ0n) is 11.8. The lowest BCUT2D eigenvalue weighted by atomic mass is 10.2. The number of amides is 1. The van der Waals surface area contributed by atoms with E-state index in [-0.39, 0.29) is 5.91 Å². The number of benzene rings is 1. The van der Waals surface area contributed by atoms with Gasteiger partial charge in [-0.2, -0.15) is 0 Å². The van der Waals surface area contributed by atoms with Crippen molar-refractivity contribution in [1.82, 2.24) is 10.1 Å². The molecule has 0 unspecified atom stereocenters. The summed E-state index contributed by atoms with van der Waals surface area (Å²) in [5.74, 6) is 0.410. The third-order valence-corrected chi connectivity index (χ3v) is 3.81. The number of fused-ring (bicyclic) bond motifs is 1. The molecule has 0 saturated carbocycles. The summed E-state index contributed by atoms with van der Waals surface area (Å²) in [6.45, 7) is 0.674. The van der Waals surface area contributed by atoms with Gasteiger partial charge in [0.1, 0.15) is 0 Å². The number of nitrogens with zero attached hydrogens (tertiary/aromatic N) is 3. The van der Waals surface area contributed by atoms with Gasteiger partial charge in [-0.3, -0.25) is 9.78 Å². The molecule has 2 aromatic heterocycles. The number of carbonyl (C=O) groups excluding carboxylic acids is 1. The van der Waals surface area contributed by atoms with Crippen molar-refractivity contribution >= 4 is 11.6 Å². The second kappa shape index (κ2) is 5.11. The molecule has 0 bridgehead atoms. The third kappa shape index (κ3) is 2.07. The van der Waals surface area contributed by atoms with Gasteiger partial charge in [-0.25, -0.2) is 0 Å². The number of hydrogen-bond donors (Lipinski definition) is 0. The number of rotatable bonds is 2. The van der Waals surface area contributed by atoms with Crippen molar-refractivity contribution in [3.63, 3.8) is 0 Å². The van der Waals surface area contributed by atoms with Crippen molar-refractivity contribution in [1.29, 1.82) is 0 Å². The number of carbonyl (C=O) groups is 1. The van der Waals surface area contributed by atoms with Gasteiger partial charge in [0, 0.05) is 36.3 Å². The maximum atomic E-state index is 12.6. The highest BCUT2D eigenvalue weighted by Gasteiger charge is 2.27. The van der Waals surface area contributed by atoms with Gasteiger partial charge >= 0.3 is 0 Å². The van der Waals surface area contributed by atoms with Gasteiger partial charge in [0.15, 0.2) is 11.5 Å². The summed E-state index contributed by atoms with van der Waals surface area (Å²) in [6, 6.07) is 13.3. The quantitative estimate of drug-likeness (QED) is 0.728. The summed E-state index contributed by atoms with van der Waals surface area (Å²) >= 11 is 0. The minimum Gasteiger partial charge on any atom is -0.355 e. The zero-order valence-corrected chi connectivity index (χ0v) is 11.8. The molecule has 5 heteroatoms. The van der Waals surface area contributed by atoms with Gasteiger partial charge in [0.25, 0.3) is 5.91 Å². The van der Waals surface area contributed by atoms with Gasteiger partial charge in [-0.05, 0) is 30.2 Å². The summed E-state index contributed by atoms with van der Waals surface area (Å²) in [4.78, 5) is 18.4. The first kappa shape index (κ1) is 12.8. The topological polar surface area (TPSA) is 59.2 Å². The molecule has 5 nitrogen and oxygen atoms in total. The highest BCUT2D eigenvalue weighted by atomic mass is 16.5. The summed E-state index contributed by atoms with van der Waals surface area (Å²) in [5, 5.41) is 3.92. The van der Waals surface area contributed by atoms with Gasteiger partial charge in [-0.15, -0.1) is 0 Å². The molecule has 3 aromatic rings. The molecular formula is C17H13N3O2. The van der Waals surface area contributed by atoms with Gasteiger partial charge in [-0.1, -0.05) is 23.4 Å². The van der Waals surface area contributed by atoms with Crippen LogP contribution in [0.3, 0.4) is 0 Å². The van der Waals surface area contributed by atoms with Crippen LogP contribution in [-0.2, 0) is 6.42 Å². The average Bonchev–Trinajstić information content (AvgIpc) is 3.22. The van der Waals surface area contributed by atoms with E-state index in [0.717, 1.165) is 17.7 Å². The number of hydrogen-bond acceptors (Lipinski definition) is 4. The number of anilines is 1. The molecule has 1 aliphatic rings. The average molecular weight is 291 g/mol. The third-order valence-electron chi connectivity index (χ3n) is 3.81. The van der Waals surface area contributed by atoms with Crippen LogP contribution in [0.4, 0.5) is 5.69 Å². The van der Waals surface area contributed by atoms with Crippen molar-refractivity contribution in [3.05, 3.63) is 66.1 Å². The SMILES string of the molecule is O=C(c1cc(-c2cccnc2)on1)N1CCc2ccccc21. The van der Waals surface area contributed by atoms with Crippen LogP contribution in [0.5, 0.6) is 0 Å². The first-order valence-corrected chi connectivity index (χ1v) is 7.10. The molecule has 22 heavy (non-hydrogen) atoms. The Hall–Kier alpha value is -2.95. The van der Waals surface area contributed by atoms with Crippen molar-refractivity contribution in [2.75, 3.05) is 11.4 Å². The van der Waals surface area contributed by atoms with E-state index in [9.17, 15) is 4.79 Å². The molecule has 0 saturated heterocycles. The molecule has 1 amide bonds. The molecule has 4 rings (SSSR count). The fourth-order valence-corrected chi connectivity index (χ4v) is 2.71. The van der Waals surface area contributed by atoms with Gasteiger partial charge in [0.05, 0.1) is 0 Å². The minimum absolute atomic E-state index is 0.135. The Labute approximate surface area is 127 Å². The van der Waals surface area contributed by atoms with Crippen LogP contribution in [0.25, 0.3) is 11.3 Å². The lowest BCUT2D eigenvalue weighted by Crippen LogP contribution is -2.29. The van der Waals surface area contributed by atoms with Crippen molar-refractivity contribution in [3.8, 4) is 11.3 Å². The maximum Gasteiger partial charge on any atom is 0.280 e. The standard InChI is InChI=1S/C17H13N3O2/c21-17(20-9-7-12-4-1-2-6-15(12)20)14-10-16(22-19-14)13-5-3-8-18-11-13/h1-6,8,10-11H,7,9H2. The van der Waals surface area contributed by atoms with Crippen molar-refractivity contribution in [2.45, 2.75) is 6.42 Å². The van der Waals surface area contributed by atoms with E-state index in [1.807, 2.05) is 36.4 Å². The zero-order chi connectivity index (χ0) is 14.9. The summed E-state index contributed by atoms with van der Waals surface area (Å²) in [6.07, 6.45) is 4.24. The van der Waals surface area contributed by atoms with E-state index in [1.54, 1.807) is 23.4 Å². The maximum absolute atomic E-state index is 12.6. The monoisotopic (exact) mass is 291 g/mol. The van der Waals surface area contributed by atoms with Gasteiger partial charge < -0.3 is 9.42 Å². The lowest BCUT2D eigenvalue weighted by molar-refractivity contribution is 0.0981. The van der Waals surface area contributed by atoms with Crippen LogP contribution in [0.15, 0.2) is 59.4 Å². The fourth-order valence-electron chi connectivity index (χ4n) is 2.71. The molecule has 108 valence electrons. The Morgan fingerprint density at radius 2 is 2.09 bits per heavy atom. The van der Waals surface area contributed by atoms with Crippen LogP contribution in [0.2, 0.25) is 0 Å². The molecule has 3 heterocycles. The molecule has 1 aliphatic heterocycles. The second-order valence-electron chi connectivity index (χ2n) is 5.15. The van der Waals surface area contributed by atoms with E-state index in [2.05, 4.69) is 10.1 Å². The van der Waals surface area contributed by atoms with Crippen LogP contribution in [-0.4, -0.2) is 22.6 Å². The largest absolute Gasteiger partial charge is 0.355 e. The highest BCUT2D eigenvalue weighted by Crippen LogP contribution is 2.29. The van der Waals surface area contributed by atoms with Crippen LogP contribution < -0.4 is 4.90 Å². The lowest BCUT2D eigenvalue weighted by Gasteiger charge is -2.15. The Balaban J connectivity index is 1.64. The molecule has 1 aromatic carbocycles. The number of pyridine rings is 1. The van der Waals surface area contributed by atoms with Crippen molar-refractivity contribution < 1.29 is 9.32 Å². The second-order valence-corrected chi connectivity index (χ2v) is 5.15. The molecule has 0 radical (unpaired) electrons. The Morgan fingerprint density at radius 3 is 2.95 bits per heavy atom. The predicted molar refractivity (Wildman–Crippen MR) is 81.6 cm³/mol. The Morgan fingerprint density at radius 1 is 1.18 bits per heavy atom. The first-order valence-electron chi connectivity index (χ1n) is 7.10. The smallest absolute Gasteiger partial charge is 0.280 e. The van der Waals surface area contributed by atoms with Crippen LogP contribution in [0.1, 0.15) is 16.1 Å². The van der Waals surface area contributed by atoms with E-state index >= 15 is 0 Å². The normalized spacial score (nSPS) is 13.2. The molecule has 0 N–H and O–H groups in total. The number of aromatic nitrogens is 2. The summed E-state index contributed by atoms with van der Waals surface area (Å²) in [7, 11) is 0. The highest BCUT2D eigenvalue weighted by molar-refractivity contribution is 6.06. The Kier molecular flexibility index (Phi) is 2.96. The summed E-state index contributed by atoms with van der Waals surface area (Å²) < 4.78 is 5.28. The Bertz CT molecular complexity index is 827. The first-order chi connectivity index (χ1) is 10.8. The summed E-state index contributed by atoms with van der Waals surface area (Å²) in [5.41, 5.74) is 3.26.